The molecule has 1 atom stereocenters. The quantitative estimate of drug-likeness (QED) is 0.581. The second-order valence-corrected chi connectivity index (χ2v) is 5.81. The first-order valence-corrected chi connectivity index (χ1v) is 7.89. The van der Waals surface area contributed by atoms with Crippen LogP contribution in [0.5, 0.6) is 0 Å². The van der Waals surface area contributed by atoms with E-state index in [2.05, 4.69) is 61.0 Å². The van der Waals surface area contributed by atoms with E-state index in [1.54, 1.807) is 0 Å². The molecule has 0 heterocycles. The molecule has 0 aliphatic heterocycles. The Bertz CT molecular complexity index is 309. The van der Waals surface area contributed by atoms with Crippen molar-refractivity contribution in [2.45, 2.75) is 52.9 Å². The fourth-order valence-electron chi connectivity index (χ4n) is 2.29. The summed E-state index contributed by atoms with van der Waals surface area (Å²) in [6.45, 7) is 6.75. The van der Waals surface area contributed by atoms with Gasteiger partial charge in [-0.15, -0.1) is 0 Å². The number of benzene rings is 1. The molecule has 0 N–H and O–H groups in total. The third kappa shape index (κ3) is 4.46. The molecule has 1 unspecified atom stereocenters. The first kappa shape index (κ1) is 14.8. The van der Waals surface area contributed by atoms with Crippen LogP contribution in [0.15, 0.2) is 24.3 Å². The summed E-state index contributed by atoms with van der Waals surface area (Å²) in [5.41, 5.74) is 3.28. The van der Waals surface area contributed by atoms with Gasteiger partial charge in [-0.05, 0) is 37.2 Å². The Morgan fingerprint density at radius 1 is 1.12 bits per heavy atom. The average Bonchev–Trinajstić information content (AvgIpc) is 2.37. The molecule has 0 spiro atoms. The summed E-state index contributed by atoms with van der Waals surface area (Å²) >= 11 is 3.74. The molecule has 1 rings (SSSR count). The molecule has 0 radical (unpaired) electrons. The molecule has 1 heteroatoms. The molecular formula is C16H25Br. The van der Waals surface area contributed by atoms with Crippen molar-refractivity contribution >= 4 is 15.9 Å². The molecule has 1 aromatic rings. The SMILES string of the molecule is CCCCC(CC)(CBr)Cc1ccc(C)cc1. The van der Waals surface area contributed by atoms with E-state index in [1.807, 2.05) is 0 Å². The highest BCUT2D eigenvalue weighted by Crippen LogP contribution is 2.35. The van der Waals surface area contributed by atoms with Crippen LogP contribution in [0.4, 0.5) is 0 Å². The summed E-state index contributed by atoms with van der Waals surface area (Å²) in [6, 6.07) is 9.02. The third-order valence-electron chi connectivity index (χ3n) is 3.79. The number of hydrogen-bond donors (Lipinski definition) is 0. The van der Waals surface area contributed by atoms with Gasteiger partial charge >= 0.3 is 0 Å². The molecule has 0 amide bonds. The lowest BCUT2D eigenvalue weighted by Crippen LogP contribution is -2.24. The van der Waals surface area contributed by atoms with E-state index in [0.717, 1.165) is 5.33 Å². The van der Waals surface area contributed by atoms with Gasteiger partial charge in [-0.1, -0.05) is 72.4 Å². The van der Waals surface area contributed by atoms with E-state index in [0.29, 0.717) is 5.41 Å². The van der Waals surface area contributed by atoms with Gasteiger partial charge in [0.15, 0.2) is 0 Å². The van der Waals surface area contributed by atoms with Crippen LogP contribution in [0.25, 0.3) is 0 Å². The topological polar surface area (TPSA) is 0 Å². The number of alkyl halides is 1. The Balaban J connectivity index is 2.74. The lowest BCUT2D eigenvalue weighted by atomic mass is 9.77. The van der Waals surface area contributed by atoms with E-state index >= 15 is 0 Å². The van der Waals surface area contributed by atoms with Crippen LogP contribution >= 0.6 is 15.9 Å². The van der Waals surface area contributed by atoms with Gasteiger partial charge in [0, 0.05) is 5.33 Å². The molecule has 0 aliphatic carbocycles. The molecule has 0 aromatic heterocycles. The molecule has 96 valence electrons. The standard InChI is InChI=1S/C16H25Br/c1-4-6-11-16(5-2,13-17)12-15-9-7-14(3)8-10-15/h7-10H,4-6,11-13H2,1-3H3. The first-order valence-electron chi connectivity index (χ1n) is 6.77. The van der Waals surface area contributed by atoms with E-state index in [1.165, 1.54) is 43.2 Å². The highest BCUT2D eigenvalue weighted by atomic mass is 79.9. The fourth-order valence-corrected chi connectivity index (χ4v) is 3.16. The predicted molar refractivity (Wildman–Crippen MR) is 80.9 cm³/mol. The molecule has 0 nitrogen and oxygen atoms in total. The third-order valence-corrected chi connectivity index (χ3v) is 4.98. The monoisotopic (exact) mass is 296 g/mol. The number of unbranched alkanes of at least 4 members (excludes halogenated alkanes) is 1. The highest BCUT2D eigenvalue weighted by molar-refractivity contribution is 9.09. The lowest BCUT2D eigenvalue weighted by molar-refractivity contribution is 0.284. The number of aryl methyl sites for hydroxylation is 1. The molecule has 17 heavy (non-hydrogen) atoms. The van der Waals surface area contributed by atoms with E-state index in [-0.39, 0.29) is 0 Å². The highest BCUT2D eigenvalue weighted by Gasteiger charge is 2.26. The summed E-state index contributed by atoms with van der Waals surface area (Å²) in [4.78, 5) is 0. The van der Waals surface area contributed by atoms with Crippen LogP contribution in [0.2, 0.25) is 0 Å². The number of halogens is 1. The van der Waals surface area contributed by atoms with Crippen molar-refractivity contribution in [2.24, 2.45) is 5.41 Å². The van der Waals surface area contributed by atoms with Crippen LogP contribution in [0.3, 0.4) is 0 Å². The van der Waals surface area contributed by atoms with Gasteiger partial charge in [0.25, 0.3) is 0 Å². The van der Waals surface area contributed by atoms with Gasteiger partial charge in [0.1, 0.15) is 0 Å². The molecule has 0 saturated carbocycles. The van der Waals surface area contributed by atoms with Crippen LogP contribution in [0, 0.1) is 12.3 Å². The zero-order chi connectivity index (χ0) is 12.7. The van der Waals surface area contributed by atoms with Crippen LogP contribution in [-0.2, 0) is 6.42 Å². The van der Waals surface area contributed by atoms with Crippen LogP contribution in [-0.4, -0.2) is 5.33 Å². The minimum atomic E-state index is 0.450. The summed E-state index contributed by atoms with van der Waals surface area (Å²) in [5, 5.41) is 1.12. The Hall–Kier alpha value is -0.300. The van der Waals surface area contributed by atoms with Crippen molar-refractivity contribution in [3.8, 4) is 0 Å². The minimum Gasteiger partial charge on any atom is -0.0922 e. The van der Waals surface area contributed by atoms with Crippen molar-refractivity contribution in [2.75, 3.05) is 5.33 Å². The molecule has 0 bridgehead atoms. The smallest absolute Gasteiger partial charge is 0.00910 e. The summed E-state index contributed by atoms with van der Waals surface area (Å²) in [5.74, 6) is 0. The number of hydrogen-bond acceptors (Lipinski definition) is 0. The molecule has 1 aromatic carbocycles. The Kier molecular flexibility index (Phi) is 6.26. The van der Waals surface area contributed by atoms with Gasteiger partial charge < -0.3 is 0 Å². The molecule has 0 saturated heterocycles. The predicted octanol–water partition coefficient (Wildman–Crippen LogP) is 5.52. The summed E-state index contributed by atoms with van der Waals surface area (Å²) < 4.78 is 0. The Morgan fingerprint density at radius 3 is 2.24 bits per heavy atom. The second kappa shape index (κ2) is 7.20. The normalized spacial score (nSPS) is 14.6. The number of rotatable bonds is 7. The zero-order valence-corrected chi connectivity index (χ0v) is 13.0. The van der Waals surface area contributed by atoms with Crippen molar-refractivity contribution in [1.82, 2.24) is 0 Å². The van der Waals surface area contributed by atoms with Gasteiger partial charge in [-0.3, -0.25) is 0 Å². The van der Waals surface area contributed by atoms with Crippen molar-refractivity contribution in [1.29, 1.82) is 0 Å². The second-order valence-electron chi connectivity index (χ2n) is 5.25. The van der Waals surface area contributed by atoms with E-state index < -0.39 is 0 Å². The Morgan fingerprint density at radius 2 is 1.76 bits per heavy atom. The lowest BCUT2D eigenvalue weighted by Gasteiger charge is -2.31. The maximum atomic E-state index is 3.74. The fraction of sp³-hybridized carbons (Fsp3) is 0.625. The van der Waals surface area contributed by atoms with Crippen LogP contribution < -0.4 is 0 Å². The molecule has 0 fully saturated rings. The first-order chi connectivity index (χ1) is 8.15. The maximum Gasteiger partial charge on any atom is 0.00910 e. The van der Waals surface area contributed by atoms with Crippen molar-refractivity contribution in [3.63, 3.8) is 0 Å². The maximum absolute atomic E-state index is 3.74. The van der Waals surface area contributed by atoms with Crippen molar-refractivity contribution in [3.05, 3.63) is 35.4 Å². The van der Waals surface area contributed by atoms with Crippen LogP contribution in [0.1, 0.15) is 50.7 Å². The zero-order valence-electron chi connectivity index (χ0n) is 11.4. The molecular weight excluding hydrogens is 272 g/mol. The van der Waals surface area contributed by atoms with E-state index in [4.69, 9.17) is 0 Å². The summed E-state index contributed by atoms with van der Waals surface area (Å²) in [6.07, 6.45) is 6.42. The van der Waals surface area contributed by atoms with Gasteiger partial charge in [0.2, 0.25) is 0 Å². The largest absolute Gasteiger partial charge is 0.0922 e. The van der Waals surface area contributed by atoms with Gasteiger partial charge in [0.05, 0.1) is 0 Å². The van der Waals surface area contributed by atoms with Crippen molar-refractivity contribution < 1.29 is 0 Å². The van der Waals surface area contributed by atoms with Gasteiger partial charge in [-0.2, -0.15) is 0 Å². The molecule has 0 aliphatic rings. The summed E-state index contributed by atoms with van der Waals surface area (Å²) in [7, 11) is 0. The average molecular weight is 297 g/mol. The minimum absolute atomic E-state index is 0.450. The Labute approximate surface area is 115 Å². The van der Waals surface area contributed by atoms with Gasteiger partial charge in [-0.25, -0.2) is 0 Å². The van der Waals surface area contributed by atoms with E-state index in [9.17, 15) is 0 Å².